The van der Waals surface area contributed by atoms with Crippen molar-refractivity contribution >= 4 is 21.6 Å². The van der Waals surface area contributed by atoms with Crippen LogP contribution in [-0.2, 0) is 0 Å². The highest BCUT2D eigenvalue weighted by Gasteiger charge is 2.34. The molecule has 4 heteroatoms. The van der Waals surface area contributed by atoms with Gasteiger partial charge in [0.15, 0.2) is 0 Å². The van der Waals surface area contributed by atoms with Gasteiger partial charge < -0.3 is 10.2 Å². The molecule has 0 aliphatic carbocycles. The molecule has 2 heterocycles. The second-order valence-corrected chi connectivity index (χ2v) is 6.00. The van der Waals surface area contributed by atoms with Crippen LogP contribution in [-0.4, -0.2) is 25.7 Å². The molecule has 2 aliphatic heterocycles. The molecule has 2 aliphatic rings. The van der Waals surface area contributed by atoms with Crippen molar-refractivity contribution in [2.75, 3.05) is 24.5 Å². The van der Waals surface area contributed by atoms with E-state index in [1.807, 2.05) is 6.07 Å². The number of hydrogen-bond donors (Lipinski definition) is 1. The van der Waals surface area contributed by atoms with Crippen molar-refractivity contribution < 1.29 is 0 Å². The van der Waals surface area contributed by atoms with Crippen molar-refractivity contribution in [1.29, 1.82) is 5.26 Å². The van der Waals surface area contributed by atoms with E-state index in [1.165, 1.54) is 18.5 Å². The number of rotatable bonds is 1. The minimum absolute atomic E-state index is 0.646. The van der Waals surface area contributed by atoms with Crippen LogP contribution in [0, 0.1) is 17.2 Å². The molecule has 18 heavy (non-hydrogen) atoms. The van der Waals surface area contributed by atoms with E-state index >= 15 is 0 Å². The third-order valence-corrected chi connectivity index (χ3v) is 4.69. The van der Waals surface area contributed by atoms with Crippen LogP contribution in [0.15, 0.2) is 22.7 Å². The van der Waals surface area contributed by atoms with Gasteiger partial charge in [0.1, 0.15) is 6.07 Å². The predicted molar refractivity (Wildman–Crippen MR) is 75.6 cm³/mol. The average molecular weight is 306 g/mol. The van der Waals surface area contributed by atoms with Gasteiger partial charge in [-0.05, 0) is 59.4 Å². The van der Waals surface area contributed by atoms with Gasteiger partial charge >= 0.3 is 0 Å². The molecule has 2 saturated heterocycles. The minimum Gasteiger partial charge on any atom is -0.370 e. The summed E-state index contributed by atoms with van der Waals surface area (Å²) in [5.74, 6) is 0.785. The lowest BCUT2D eigenvalue weighted by atomic mass is 9.94. The number of nitrogens with one attached hydrogen (secondary N) is 1. The van der Waals surface area contributed by atoms with Crippen LogP contribution in [0.5, 0.6) is 0 Å². The van der Waals surface area contributed by atoms with Gasteiger partial charge in [0.25, 0.3) is 0 Å². The molecule has 0 aromatic heterocycles. The smallest absolute Gasteiger partial charge is 0.100 e. The maximum Gasteiger partial charge on any atom is 0.100 e. The molecule has 1 aromatic carbocycles. The van der Waals surface area contributed by atoms with Gasteiger partial charge in [0, 0.05) is 29.3 Å². The summed E-state index contributed by atoms with van der Waals surface area (Å²) in [4.78, 5) is 2.43. The summed E-state index contributed by atoms with van der Waals surface area (Å²) >= 11 is 3.47. The normalized spacial score (nSPS) is 26.8. The van der Waals surface area contributed by atoms with E-state index in [0.29, 0.717) is 11.6 Å². The highest BCUT2D eigenvalue weighted by Crippen LogP contribution is 2.31. The maximum atomic E-state index is 8.94. The number of hydrogen-bond acceptors (Lipinski definition) is 3. The third kappa shape index (κ3) is 2.13. The lowest BCUT2D eigenvalue weighted by Gasteiger charge is -2.24. The largest absolute Gasteiger partial charge is 0.370 e. The molecule has 0 amide bonds. The summed E-state index contributed by atoms with van der Waals surface area (Å²) in [5, 5.41) is 12.6. The van der Waals surface area contributed by atoms with E-state index in [-0.39, 0.29) is 0 Å². The summed E-state index contributed by atoms with van der Waals surface area (Å²) in [7, 11) is 0. The summed E-state index contributed by atoms with van der Waals surface area (Å²) in [5.41, 5.74) is 1.92. The lowest BCUT2D eigenvalue weighted by Crippen LogP contribution is -2.40. The van der Waals surface area contributed by atoms with E-state index in [2.05, 4.69) is 44.3 Å². The fourth-order valence-electron chi connectivity index (χ4n) is 3.05. The van der Waals surface area contributed by atoms with Gasteiger partial charge in [-0.2, -0.15) is 5.26 Å². The molecule has 2 fully saturated rings. The van der Waals surface area contributed by atoms with Crippen LogP contribution < -0.4 is 10.2 Å². The van der Waals surface area contributed by atoms with Gasteiger partial charge in [-0.3, -0.25) is 0 Å². The van der Waals surface area contributed by atoms with Crippen LogP contribution in [0.25, 0.3) is 0 Å². The molecule has 0 spiro atoms. The number of halogens is 1. The Morgan fingerprint density at radius 2 is 2.28 bits per heavy atom. The third-order valence-electron chi connectivity index (χ3n) is 4.04. The number of fused-ring (bicyclic) bond motifs is 1. The van der Waals surface area contributed by atoms with Gasteiger partial charge in [0.2, 0.25) is 0 Å². The lowest BCUT2D eigenvalue weighted by molar-refractivity contribution is 0.340. The highest BCUT2D eigenvalue weighted by atomic mass is 79.9. The highest BCUT2D eigenvalue weighted by molar-refractivity contribution is 9.10. The molecule has 0 radical (unpaired) electrons. The van der Waals surface area contributed by atoms with Crippen molar-refractivity contribution in [3.63, 3.8) is 0 Å². The number of nitriles is 1. The Hall–Kier alpha value is -1.05. The molecular weight excluding hydrogens is 290 g/mol. The van der Waals surface area contributed by atoms with Crippen molar-refractivity contribution in [1.82, 2.24) is 5.32 Å². The SMILES string of the molecule is N#Cc1ccc(N2C[C@@H]3CCCN[C@@H]3C2)cc1Br. The van der Waals surface area contributed by atoms with Gasteiger partial charge in [-0.1, -0.05) is 0 Å². The standard InChI is InChI=1S/C14H16BrN3/c15-13-6-12(4-3-10(13)7-16)18-8-11-2-1-5-17-14(11)9-18/h3-4,6,11,14,17H,1-2,5,8-9H2/t11-,14+/m0/s1. The maximum absolute atomic E-state index is 8.94. The molecule has 1 aromatic rings. The van der Waals surface area contributed by atoms with Crippen molar-refractivity contribution in [3.05, 3.63) is 28.2 Å². The zero-order valence-corrected chi connectivity index (χ0v) is 11.8. The first kappa shape index (κ1) is 12.0. The first-order chi connectivity index (χ1) is 8.78. The van der Waals surface area contributed by atoms with Crippen LogP contribution in [0.2, 0.25) is 0 Å². The van der Waals surface area contributed by atoms with E-state index < -0.39 is 0 Å². The Kier molecular flexibility index (Phi) is 3.27. The molecule has 94 valence electrons. The molecule has 0 unspecified atom stereocenters. The second-order valence-electron chi connectivity index (χ2n) is 5.14. The summed E-state index contributed by atoms with van der Waals surface area (Å²) < 4.78 is 0.894. The molecule has 1 N–H and O–H groups in total. The number of piperidine rings is 1. The van der Waals surface area contributed by atoms with E-state index in [1.54, 1.807) is 0 Å². The zero-order chi connectivity index (χ0) is 12.5. The Morgan fingerprint density at radius 1 is 1.39 bits per heavy atom. The van der Waals surface area contributed by atoms with Crippen LogP contribution in [0.3, 0.4) is 0 Å². The molecule has 0 saturated carbocycles. The first-order valence-corrected chi connectivity index (χ1v) is 7.25. The van der Waals surface area contributed by atoms with E-state index in [4.69, 9.17) is 5.26 Å². The molecule has 2 atom stereocenters. The minimum atomic E-state index is 0.646. The van der Waals surface area contributed by atoms with Crippen LogP contribution >= 0.6 is 15.9 Å². The van der Waals surface area contributed by atoms with Gasteiger partial charge in [0.05, 0.1) is 5.56 Å². The van der Waals surface area contributed by atoms with Crippen molar-refractivity contribution in [2.24, 2.45) is 5.92 Å². The molecule has 3 nitrogen and oxygen atoms in total. The Bertz CT molecular complexity index is 480. The van der Waals surface area contributed by atoms with Gasteiger partial charge in [-0.25, -0.2) is 0 Å². The van der Waals surface area contributed by atoms with E-state index in [0.717, 1.165) is 30.0 Å². The quantitative estimate of drug-likeness (QED) is 0.866. The van der Waals surface area contributed by atoms with Crippen molar-refractivity contribution in [3.8, 4) is 6.07 Å². The van der Waals surface area contributed by atoms with Crippen molar-refractivity contribution in [2.45, 2.75) is 18.9 Å². The first-order valence-electron chi connectivity index (χ1n) is 6.46. The molecule has 0 bridgehead atoms. The summed E-state index contributed by atoms with van der Waals surface area (Å²) in [6.07, 6.45) is 2.64. The number of benzene rings is 1. The fourth-order valence-corrected chi connectivity index (χ4v) is 3.50. The van der Waals surface area contributed by atoms with Gasteiger partial charge in [-0.15, -0.1) is 0 Å². The Morgan fingerprint density at radius 3 is 3.00 bits per heavy atom. The monoisotopic (exact) mass is 305 g/mol. The Balaban J connectivity index is 1.80. The van der Waals surface area contributed by atoms with E-state index in [9.17, 15) is 0 Å². The molecule has 3 rings (SSSR count). The molecular formula is C14H16BrN3. The van der Waals surface area contributed by atoms with Crippen LogP contribution in [0.1, 0.15) is 18.4 Å². The fraction of sp³-hybridized carbons (Fsp3) is 0.500. The summed E-state index contributed by atoms with van der Waals surface area (Å²) in [6, 6.07) is 8.85. The van der Waals surface area contributed by atoms with Crippen LogP contribution in [0.4, 0.5) is 5.69 Å². The zero-order valence-electron chi connectivity index (χ0n) is 10.2. The Labute approximate surface area is 116 Å². The predicted octanol–water partition coefficient (Wildman–Crippen LogP) is 2.51. The number of nitrogens with zero attached hydrogens (tertiary/aromatic N) is 2. The second kappa shape index (κ2) is 4.91. The number of anilines is 1. The topological polar surface area (TPSA) is 39.1 Å². The summed E-state index contributed by atoms with van der Waals surface area (Å²) in [6.45, 7) is 3.38. The average Bonchev–Trinajstić information content (AvgIpc) is 2.82.